The molecule has 32 heavy (non-hydrogen) atoms. The van der Waals surface area contributed by atoms with Crippen LogP contribution in [0.3, 0.4) is 0 Å². The predicted molar refractivity (Wildman–Crippen MR) is 128 cm³/mol. The SMILES string of the molecule is Cc1ccc(C)c(NC(=O)C(Sc2ccc(-n3nc(C)cc3C)nn2)c2ccccc2)c1. The van der Waals surface area contributed by atoms with Gasteiger partial charge in [0.25, 0.3) is 0 Å². The number of thioether (sulfide) groups is 1. The third-order valence-corrected chi connectivity index (χ3v) is 6.26. The van der Waals surface area contributed by atoms with Crippen molar-refractivity contribution in [3.05, 3.63) is 94.8 Å². The highest BCUT2D eigenvalue weighted by molar-refractivity contribution is 8.00. The summed E-state index contributed by atoms with van der Waals surface area (Å²) >= 11 is 1.38. The van der Waals surface area contributed by atoms with Crippen molar-refractivity contribution >= 4 is 23.4 Å². The third kappa shape index (κ3) is 4.89. The van der Waals surface area contributed by atoms with Crippen LogP contribution in [0, 0.1) is 27.7 Å². The Morgan fingerprint density at radius 3 is 2.38 bits per heavy atom. The van der Waals surface area contributed by atoms with Gasteiger partial charge in [0.05, 0.1) is 5.69 Å². The van der Waals surface area contributed by atoms with Crippen LogP contribution in [0.15, 0.2) is 71.8 Å². The van der Waals surface area contributed by atoms with Gasteiger partial charge in [-0.2, -0.15) is 5.10 Å². The van der Waals surface area contributed by atoms with E-state index in [1.54, 1.807) is 4.68 Å². The van der Waals surface area contributed by atoms with Crippen molar-refractivity contribution in [1.82, 2.24) is 20.0 Å². The number of nitrogens with one attached hydrogen (secondary N) is 1. The average Bonchev–Trinajstić information content (AvgIpc) is 3.13. The zero-order valence-electron chi connectivity index (χ0n) is 18.5. The number of hydrogen-bond donors (Lipinski definition) is 1. The third-order valence-electron chi connectivity index (χ3n) is 5.08. The molecule has 0 radical (unpaired) electrons. The second kappa shape index (κ2) is 9.36. The Morgan fingerprint density at radius 2 is 1.72 bits per heavy atom. The number of rotatable bonds is 6. The van der Waals surface area contributed by atoms with E-state index in [0.29, 0.717) is 10.8 Å². The zero-order valence-corrected chi connectivity index (χ0v) is 19.4. The molecule has 0 spiro atoms. The van der Waals surface area contributed by atoms with Gasteiger partial charge in [0.15, 0.2) is 5.82 Å². The van der Waals surface area contributed by atoms with Gasteiger partial charge in [-0.3, -0.25) is 4.79 Å². The van der Waals surface area contributed by atoms with E-state index in [-0.39, 0.29) is 5.91 Å². The maximum atomic E-state index is 13.3. The summed E-state index contributed by atoms with van der Waals surface area (Å²) in [6.45, 7) is 7.93. The summed E-state index contributed by atoms with van der Waals surface area (Å²) in [6, 6.07) is 21.5. The fourth-order valence-corrected chi connectivity index (χ4v) is 4.38. The maximum Gasteiger partial charge on any atom is 0.242 e. The molecule has 6 nitrogen and oxygen atoms in total. The van der Waals surface area contributed by atoms with Crippen molar-refractivity contribution in [2.24, 2.45) is 0 Å². The molecule has 2 aromatic carbocycles. The highest BCUT2D eigenvalue weighted by atomic mass is 32.2. The average molecular weight is 444 g/mol. The molecular formula is C25H25N5OS. The number of aromatic nitrogens is 4. The molecule has 0 aliphatic carbocycles. The molecule has 1 atom stereocenters. The van der Waals surface area contributed by atoms with Gasteiger partial charge in [-0.05, 0) is 68.7 Å². The van der Waals surface area contributed by atoms with E-state index in [4.69, 9.17) is 0 Å². The first-order chi connectivity index (χ1) is 15.4. The minimum Gasteiger partial charge on any atom is -0.325 e. The van der Waals surface area contributed by atoms with Gasteiger partial charge in [-0.1, -0.05) is 54.2 Å². The van der Waals surface area contributed by atoms with Gasteiger partial charge in [0.2, 0.25) is 5.91 Å². The van der Waals surface area contributed by atoms with E-state index >= 15 is 0 Å². The molecule has 4 rings (SSSR count). The highest BCUT2D eigenvalue weighted by Gasteiger charge is 2.23. The molecule has 1 amide bonds. The van der Waals surface area contributed by atoms with Crippen LogP contribution < -0.4 is 5.32 Å². The molecule has 0 bridgehead atoms. The summed E-state index contributed by atoms with van der Waals surface area (Å²) < 4.78 is 1.76. The molecule has 0 saturated heterocycles. The minimum atomic E-state index is -0.468. The van der Waals surface area contributed by atoms with Crippen molar-refractivity contribution in [2.75, 3.05) is 5.32 Å². The van der Waals surface area contributed by atoms with Gasteiger partial charge in [0.1, 0.15) is 10.3 Å². The molecule has 1 N–H and O–H groups in total. The Kier molecular flexibility index (Phi) is 6.37. The fraction of sp³-hybridized carbons (Fsp3) is 0.200. The van der Waals surface area contributed by atoms with E-state index in [2.05, 4.69) is 20.6 Å². The van der Waals surface area contributed by atoms with Crippen LogP contribution in [0.25, 0.3) is 5.82 Å². The van der Waals surface area contributed by atoms with Gasteiger partial charge < -0.3 is 5.32 Å². The lowest BCUT2D eigenvalue weighted by Gasteiger charge is -2.18. The fourth-order valence-electron chi connectivity index (χ4n) is 3.44. The Morgan fingerprint density at radius 1 is 0.938 bits per heavy atom. The van der Waals surface area contributed by atoms with Gasteiger partial charge in [0, 0.05) is 11.4 Å². The smallest absolute Gasteiger partial charge is 0.242 e. The van der Waals surface area contributed by atoms with Gasteiger partial charge in [-0.25, -0.2) is 4.68 Å². The van der Waals surface area contributed by atoms with Crippen molar-refractivity contribution in [3.8, 4) is 5.82 Å². The molecule has 2 heterocycles. The van der Waals surface area contributed by atoms with Crippen LogP contribution in [0.5, 0.6) is 0 Å². The molecule has 162 valence electrons. The topological polar surface area (TPSA) is 72.7 Å². The van der Waals surface area contributed by atoms with E-state index in [1.807, 2.05) is 94.4 Å². The van der Waals surface area contributed by atoms with Crippen LogP contribution in [0.1, 0.15) is 33.3 Å². The van der Waals surface area contributed by atoms with E-state index in [0.717, 1.165) is 33.8 Å². The summed E-state index contributed by atoms with van der Waals surface area (Å²) in [5.41, 5.74) is 5.77. The second-order valence-corrected chi connectivity index (χ2v) is 8.91. The second-order valence-electron chi connectivity index (χ2n) is 7.78. The Balaban J connectivity index is 1.59. The van der Waals surface area contributed by atoms with E-state index in [9.17, 15) is 4.79 Å². The minimum absolute atomic E-state index is 0.0978. The molecule has 0 saturated carbocycles. The Hall–Kier alpha value is -3.45. The lowest BCUT2D eigenvalue weighted by atomic mass is 10.1. The summed E-state index contributed by atoms with van der Waals surface area (Å²) in [7, 11) is 0. The number of carbonyl (C=O) groups excluding carboxylic acids is 1. The largest absolute Gasteiger partial charge is 0.325 e. The molecule has 0 aliphatic rings. The number of benzene rings is 2. The first-order valence-electron chi connectivity index (χ1n) is 10.4. The van der Waals surface area contributed by atoms with Crippen LogP contribution in [0.4, 0.5) is 5.69 Å². The van der Waals surface area contributed by atoms with Crippen molar-refractivity contribution in [3.63, 3.8) is 0 Å². The van der Waals surface area contributed by atoms with Crippen LogP contribution in [-0.2, 0) is 4.79 Å². The van der Waals surface area contributed by atoms with E-state index < -0.39 is 5.25 Å². The number of anilines is 1. The van der Waals surface area contributed by atoms with Crippen molar-refractivity contribution in [2.45, 2.75) is 38.0 Å². The highest BCUT2D eigenvalue weighted by Crippen LogP contribution is 2.35. The summed E-state index contributed by atoms with van der Waals surface area (Å²) in [4.78, 5) is 13.3. The number of nitrogens with zero attached hydrogens (tertiary/aromatic N) is 4. The number of carbonyl (C=O) groups is 1. The van der Waals surface area contributed by atoms with Crippen molar-refractivity contribution in [1.29, 1.82) is 0 Å². The molecule has 1 unspecified atom stereocenters. The molecule has 7 heteroatoms. The zero-order chi connectivity index (χ0) is 22.7. The summed E-state index contributed by atoms with van der Waals surface area (Å²) in [5.74, 6) is 0.551. The molecule has 2 aromatic heterocycles. The molecule has 4 aromatic rings. The predicted octanol–water partition coefficient (Wildman–Crippen LogP) is 5.37. The first kappa shape index (κ1) is 21.8. The van der Waals surface area contributed by atoms with Crippen LogP contribution >= 0.6 is 11.8 Å². The Bertz CT molecular complexity index is 1240. The molecular weight excluding hydrogens is 418 g/mol. The number of amides is 1. The van der Waals surface area contributed by atoms with Gasteiger partial charge in [-0.15, -0.1) is 10.2 Å². The lowest BCUT2D eigenvalue weighted by molar-refractivity contribution is -0.115. The Labute approximate surface area is 192 Å². The quantitative estimate of drug-likeness (QED) is 0.406. The lowest BCUT2D eigenvalue weighted by Crippen LogP contribution is -2.20. The molecule has 0 fully saturated rings. The van der Waals surface area contributed by atoms with Crippen LogP contribution in [0.2, 0.25) is 0 Å². The number of hydrogen-bond acceptors (Lipinski definition) is 5. The number of aryl methyl sites for hydroxylation is 4. The molecule has 0 aliphatic heterocycles. The van der Waals surface area contributed by atoms with Crippen molar-refractivity contribution < 1.29 is 4.79 Å². The van der Waals surface area contributed by atoms with E-state index in [1.165, 1.54) is 11.8 Å². The standard InChI is InChI=1S/C25H25N5OS/c1-16-10-11-17(2)21(14-16)26-25(31)24(20-8-6-5-7-9-20)32-23-13-12-22(27-28-23)30-19(4)15-18(3)29-30/h5-15,24H,1-4H3,(H,26,31). The van der Waals surface area contributed by atoms with Crippen LogP contribution in [-0.4, -0.2) is 25.9 Å². The normalized spacial score (nSPS) is 11.9. The van der Waals surface area contributed by atoms with Gasteiger partial charge >= 0.3 is 0 Å². The summed E-state index contributed by atoms with van der Waals surface area (Å²) in [5, 5.41) is 16.4. The summed E-state index contributed by atoms with van der Waals surface area (Å²) in [6.07, 6.45) is 0. The maximum absolute atomic E-state index is 13.3. The first-order valence-corrected chi connectivity index (χ1v) is 11.3. The monoisotopic (exact) mass is 443 g/mol.